The van der Waals surface area contributed by atoms with E-state index in [0.717, 1.165) is 18.4 Å². The van der Waals surface area contributed by atoms with E-state index >= 15 is 0 Å². The minimum absolute atomic E-state index is 0.167. The summed E-state index contributed by atoms with van der Waals surface area (Å²) in [6.45, 7) is 11.2. The van der Waals surface area contributed by atoms with Gasteiger partial charge in [0.05, 0.1) is 6.10 Å². The molecule has 104 valence electrons. The van der Waals surface area contributed by atoms with E-state index in [-0.39, 0.29) is 11.5 Å². The van der Waals surface area contributed by atoms with Crippen LogP contribution in [0.5, 0.6) is 0 Å². The van der Waals surface area contributed by atoms with Gasteiger partial charge in [0.25, 0.3) is 0 Å². The van der Waals surface area contributed by atoms with Gasteiger partial charge >= 0.3 is 0 Å². The third-order valence-electron chi connectivity index (χ3n) is 2.84. The van der Waals surface area contributed by atoms with E-state index in [0.29, 0.717) is 6.54 Å². The molecule has 0 aromatic heterocycles. The summed E-state index contributed by atoms with van der Waals surface area (Å²) in [7, 11) is 0. The summed E-state index contributed by atoms with van der Waals surface area (Å²) >= 11 is 0. The van der Waals surface area contributed by atoms with Crippen molar-refractivity contribution in [1.82, 2.24) is 0 Å². The molecule has 0 amide bonds. The fraction of sp³-hybridized carbons (Fsp3) is 0.625. The first-order chi connectivity index (χ1) is 8.45. The molecule has 2 nitrogen and oxygen atoms in total. The van der Waals surface area contributed by atoms with Crippen molar-refractivity contribution < 1.29 is 5.11 Å². The SMILES string of the molecule is CC.CC(C)(C)c1ccc(C(O)CCCN)cc1. The number of nitrogens with two attached hydrogens (primary N) is 1. The highest BCUT2D eigenvalue weighted by Crippen LogP contribution is 2.25. The second-order valence-electron chi connectivity index (χ2n) is 5.32. The van der Waals surface area contributed by atoms with E-state index in [1.807, 2.05) is 26.0 Å². The first-order valence-corrected chi connectivity index (χ1v) is 6.93. The zero-order valence-corrected chi connectivity index (χ0v) is 12.5. The molecule has 1 unspecified atom stereocenters. The summed E-state index contributed by atoms with van der Waals surface area (Å²) in [6, 6.07) is 8.23. The number of aliphatic hydroxyl groups is 1. The van der Waals surface area contributed by atoms with Crippen LogP contribution >= 0.6 is 0 Å². The van der Waals surface area contributed by atoms with Crippen molar-refractivity contribution in [2.45, 2.75) is 59.0 Å². The molecule has 1 atom stereocenters. The summed E-state index contributed by atoms with van der Waals surface area (Å²) in [5.74, 6) is 0. The number of hydrogen-bond acceptors (Lipinski definition) is 2. The molecular formula is C16H29NO. The van der Waals surface area contributed by atoms with Crippen LogP contribution in [0.15, 0.2) is 24.3 Å². The molecule has 0 spiro atoms. The van der Waals surface area contributed by atoms with Crippen LogP contribution in [0.3, 0.4) is 0 Å². The van der Waals surface area contributed by atoms with Crippen molar-refractivity contribution in [1.29, 1.82) is 0 Å². The lowest BCUT2D eigenvalue weighted by molar-refractivity contribution is 0.165. The molecular weight excluding hydrogens is 222 g/mol. The Morgan fingerprint density at radius 2 is 1.61 bits per heavy atom. The van der Waals surface area contributed by atoms with Crippen molar-refractivity contribution in [2.24, 2.45) is 5.73 Å². The zero-order chi connectivity index (χ0) is 14.2. The average Bonchev–Trinajstić information content (AvgIpc) is 2.37. The Labute approximate surface area is 112 Å². The van der Waals surface area contributed by atoms with Gasteiger partial charge in [0.2, 0.25) is 0 Å². The summed E-state index contributed by atoms with van der Waals surface area (Å²) in [6.07, 6.45) is 1.23. The highest BCUT2D eigenvalue weighted by Gasteiger charge is 2.14. The lowest BCUT2D eigenvalue weighted by atomic mass is 9.86. The summed E-state index contributed by atoms with van der Waals surface area (Å²) in [5.41, 5.74) is 7.87. The largest absolute Gasteiger partial charge is 0.388 e. The minimum Gasteiger partial charge on any atom is -0.388 e. The molecule has 1 aromatic rings. The van der Waals surface area contributed by atoms with Crippen LogP contribution in [0.2, 0.25) is 0 Å². The molecule has 0 heterocycles. The molecule has 0 aliphatic carbocycles. The number of hydrogen-bond donors (Lipinski definition) is 2. The smallest absolute Gasteiger partial charge is 0.0790 e. The fourth-order valence-electron chi connectivity index (χ4n) is 1.68. The summed E-state index contributed by atoms with van der Waals surface area (Å²) in [4.78, 5) is 0. The third kappa shape index (κ3) is 5.65. The van der Waals surface area contributed by atoms with Crippen LogP contribution in [-0.2, 0) is 5.41 Å². The Hall–Kier alpha value is -0.860. The third-order valence-corrected chi connectivity index (χ3v) is 2.84. The van der Waals surface area contributed by atoms with Gasteiger partial charge in [-0.15, -0.1) is 0 Å². The van der Waals surface area contributed by atoms with Crippen molar-refractivity contribution in [3.05, 3.63) is 35.4 Å². The van der Waals surface area contributed by atoms with Gasteiger partial charge in [-0.25, -0.2) is 0 Å². The monoisotopic (exact) mass is 251 g/mol. The Balaban J connectivity index is 0.00000137. The van der Waals surface area contributed by atoms with Gasteiger partial charge < -0.3 is 10.8 Å². The maximum atomic E-state index is 9.89. The molecule has 0 saturated carbocycles. The van der Waals surface area contributed by atoms with E-state index in [2.05, 4.69) is 32.9 Å². The van der Waals surface area contributed by atoms with Crippen molar-refractivity contribution in [2.75, 3.05) is 6.54 Å². The van der Waals surface area contributed by atoms with Gasteiger partial charge in [-0.1, -0.05) is 58.9 Å². The van der Waals surface area contributed by atoms with Crippen molar-refractivity contribution in [3.63, 3.8) is 0 Å². The molecule has 0 aliphatic rings. The first kappa shape index (κ1) is 17.1. The van der Waals surface area contributed by atoms with Crippen LogP contribution in [0.4, 0.5) is 0 Å². The average molecular weight is 251 g/mol. The standard InChI is InChI=1S/C14H23NO.C2H6/c1-14(2,3)12-8-6-11(7-9-12)13(16)5-4-10-15;1-2/h6-9,13,16H,4-5,10,15H2,1-3H3;1-2H3. The first-order valence-electron chi connectivity index (χ1n) is 6.93. The highest BCUT2D eigenvalue weighted by molar-refractivity contribution is 5.28. The molecule has 1 rings (SSSR count). The summed E-state index contributed by atoms with van der Waals surface area (Å²) < 4.78 is 0. The molecule has 1 aromatic carbocycles. The lowest BCUT2D eigenvalue weighted by Crippen LogP contribution is -2.11. The maximum absolute atomic E-state index is 9.89. The molecule has 3 N–H and O–H groups in total. The van der Waals surface area contributed by atoms with Gasteiger partial charge in [-0.3, -0.25) is 0 Å². The molecule has 0 saturated heterocycles. The van der Waals surface area contributed by atoms with E-state index in [1.165, 1.54) is 5.56 Å². The molecule has 2 heteroatoms. The predicted octanol–water partition coefficient (Wildman–Crippen LogP) is 3.78. The Bertz CT molecular complexity index is 311. The van der Waals surface area contributed by atoms with Crippen LogP contribution < -0.4 is 5.73 Å². The van der Waals surface area contributed by atoms with E-state index in [9.17, 15) is 5.11 Å². The quantitative estimate of drug-likeness (QED) is 0.855. The number of rotatable bonds is 4. The van der Waals surface area contributed by atoms with Gasteiger partial charge in [0, 0.05) is 0 Å². The second-order valence-corrected chi connectivity index (χ2v) is 5.32. The van der Waals surface area contributed by atoms with Gasteiger partial charge in [-0.2, -0.15) is 0 Å². The van der Waals surface area contributed by atoms with Crippen LogP contribution in [-0.4, -0.2) is 11.7 Å². The van der Waals surface area contributed by atoms with E-state index in [1.54, 1.807) is 0 Å². The van der Waals surface area contributed by atoms with Crippen LogP contribution in [0, 0.1) is 0 Å². The van der Waals surface area contributed by atoms with Gasteiger partial charge in [-0.05, 0) is 35.9 Å². The van der Waals surface area contributed by atoms with E-state index in [4.69, 9.17) is 5.73 Å². The normalized spacial score (nSPS) is 12.6. The minimum atomic E-state index is -0.377. The zero-order valence-electron chi connectivity index (χ0n) is 12.5. The molecule has 0 fully saturated rings. The molecule has 18 heavy (non-hydrogen) atoms. The molecule has 0 aliphatic heterocycles. The topological polar surface area (TPSA) is 46.2 Å². The van der Waals surface area contributed by atoms with E-state index < -0.39 is 0 Å². The lowest BCUT2D eigenvalue weighted by Gasteiger charge is -2.20. The van der Waals surface area contributed by atoms with Crippen LogP contribution in [0.1, 0.15) is 64.7 Å². The molecule has 0 bridgehead atoms. The fourth-order valence-corrected chi connectivity index (χ4v) is 1.68. The summed E-state index contributed by atoms with van der Waals surface area (Å²) in [5, 5.41) is 9.89. The highest BCUT2D eigenvalue weighted by atomic mass is 16.3. The van der Waals surface area contributed by atoms with Gasteiger partial charge in [0.15, 0.2) is 0 Å². The Morgan fingerprint density at radius 1 is 1.11 bits per heavy atom. The van der Waals surface area contributed by atoms with Gasteiger partial charge in [0.1, 0.15) is 0 Å². The Morgan fingerprint density at radius 3 is 2.00 bits per heavy atom. The van der Waals surface area contributed by atoms with Crippen molar-refractivity contribution >= 4 is 0 Å². The Kier molecular flexibility index (Phi) is 7.88. The number of aliphatic hydroxyl groups excluding tert-OH is 1. The van der Waals surface area contributed by atoms with Crippen molar-refractivity contribution in [3.8, 4) is 0 Å². The van der Waals surface area contributed by atoms with Crippen LogP contribution in [0.25, 0.3) is 0 Å². The predicted molar refractivity (Wildman–Crippen MR) is 79.7 cm³/mol. The second kappa shape index (κ2) is 8.28. The molecule has 0 radical (unpaired) electrons. The number of benzene rings is 1. The maximum Gasteiger partial charge on any atom is 0.0790 e.